The molecule has 0 aliphatic carbocycles. The maximum atomic E-state index is 12.0. The van der Waals surface area contributed by atoms with Gasteiger partial charge in [0.15, 0.2) is 0 Å². The third kappa shape index (κ3) is 2.77. The number of hydrogen-bond donors (Lipinski definition) is 2. The Labute approximate surface area is 105 Å². The molecule has 0 saturated heterocycles. The molecule has 0 saturated carbocycles. The molecule has 1 aromatic heterocycles. The summed E-state index contributed by atoms with van der Waals surface area (Å²) >= 11 is 0. The highest BCUT2D eigenvalue weighted by Gasteiger charge is 2.33. The summed E-state index contributed by atoms with van der Waals surface area (Å²) in [5.74, 6) is -1.44. The summed E-state index contributed by atoms with van der Waals surface area (Å²) in [6.45, 7) is 3.14. The van der Waals surface area contributed by atoms with Crippen LogP contribution in [0.3, 0.4) is 0 Å². The third-order valence-electron chi connectivity index (χ3n) is 2.78. The van der Waals surface area contributed by atoms with E-state index in [9.17, 15) is 9.59 Å². The van der Waals surface area contributed by atoms with E-state index in [4.69, 9.17) is 9.84 Å². The Kier molecular flexibility index (Phi) is 4.25. The van der Waals surface area contributed by atoms with Gasteiger partial charge in [0.2, 0.25) is 5.88 Å². The van der Waals surface area contributed by atoms with Crippen LogP contribution in [0, 0.1) is 0 Å². The van der Waals surface area contributed by atoms with Crippen LogP contribution in [0.25, 0.3) is 0 Å². The molecule has 0 fully saturated rings. The smallest absolute Gasteiger partial charge is 0.329 e. The van der Waals surface area contributed by atoms with Crippen LogP contribution in [-0.2, 0) is 4.79 Å². The van der Waals surface area contributed by atoms with Gasteiger partial charge in [-0.25, -0.2) is 9.78 Å². The second kappa shape index (κ2) is 5.48. The van der Waals surface area contributed by atoms with Gasteiger partial charge in [0, 0.05) is 6.20 Å². The molecule has 0 radical (unpaired) electrons. The number of carbonyl (C=O) groups excluding carboxylic acids is 1. The molecule has 1 aromatic rings. The maximum Gasteiger partial charge on any atom is 0.329 e. The topological polar surface area (TPSA) is 88.5 Å². The largest absolute Gasteiger partial charge is 0.480 e. The summed E-state index contributed by atoms with van der Waals surface area (Å²) < 4.78 is 4.96. The minimum atomic E-state index is -1.31. The highest BCUT2D eigenvalue weighted by Crippen LogP contribution is 2.16. The van der Waals surface area contributed by atoms with Gasteiger partial charge in [-0.2, -0.15) is 0 Å². The number of nitrogens with zero attached hydrogens (tertiary/aromatic N) is 1. The molecule has 1 atom stereocenters. The number of nitrogens with one attached hydrogen (secondary N) is 1. The molecule has 0 spiro atoms. The summed E-state index contributed by atoms with van der Waals surface area (Å²) in [7, 11) is 1.40. The van der Waals surface area contributed by atoms with Crippen LogP contribution in [0.15, 0.2) is 18.3 Å². The van der Waals surface area contributed by atoms with Gasteiger partial charge in [0.25, 0.3) is 5.91 Å². The number of rotatable bonds is 5. The van der Waals surface area contributed by atoms with Crippen molar-refractivity contribution in [3.05, 3.63) is 23.9 Å². The van der Waals surface area contributed by atoms with Crippen molar-refractivity contribution in [1.82, 2.24) is 10.3 Å². The monoisotopic (exact) mass is 252 g/mol. The number of amides is 1. The standard InChI is InChI=1S/C12H16N2O4/c1-4-12(2,11(16)17)14-9(15)8-6-5-7-13-10(8)18-3/h5-7H,4H2,1-3H3,(H,14,15)(H,16,17). The van der Waals surface area contributed by atoms with Crippen LogP contribution in [0.5, 0.6) is 5.88 Å². The number of hydrogen-bond acceptors (Lipinski definition) is 4. The number of pyridine rings is 1. The molecule has 6 nitrogen and oxygen atoms in total. The van der Waals surface area contributed by atoms with Crippen molar-refractivity contribution in [2.45, 2.75) is 25.8 Å². The Hall–Kier alpha value is -2.11. The van der Waals surface area contributed by atoms with Crippen LogP contribution in [0.1, 0.15) is 30.6 Å². The number of aromatic nitrogens is 1. The Morgan fingerprint density at radius 1 is 1.56 bits per heavy atom. The fourth-order valence-electron chi connectivity index (χ4n) is 1.34. The molecular formula is C12H16N2O4. The van der Waals surface area contributed by atoms with Crippen LogP contribution < -0.4 is 10.1 Å². The fraction of sp³-hybridized carbons (Fsp3) is 0.417. The second-order valence-corrected chi connectivity index (χ2v) is 4.01. The zero-order valence-corrected chi connectivity index (χ0v) is 10.6. The molecule has 2 N–H and O–H groups in total. The fourth-order valence-corrected chi connectivity index (χ4v) is 1.34. The van der Waals surface area contributed by atoms with Crippen LogP contribution >= 0.6 is 0 Å². The molecule has 1 heterocycles. The van der Waals surface area contributed by atoms with Gasteiger partial charge < -0.3 is 15.2 Å². The number of methoxy groups -OCH3 is 1. The molecule has 6 heteroatoms. The van der Waals surface area contributed by atoms with Crippen molar-refractivity contribution >= 4 is 11.9 Å². The quantitative estimate of drug-likeness (QED) is 0.818. The molecule has 1 rings (SSSR count). The normalized spacial score (nSPS) is 13.5. The van der Waals surface area contributed by atoms with Gasteiger partial charge in [-0.3, -0.25) is 4.79 Å². The zero-order chi connectivity index (χ0) is 13.8. The lowest BCUT2D eigenvalue weighted by Crippen LogP contribution is -2.51. The van der Waals surface area contributed by atoms with Gasteiger partial charge in [-0.05, 0) is 25.5 Å². The molecule has 0 aliphatic heterocycles. The van der Waals surface area contributed by atoms with E-state index in [1.54, 1.807) is 13.0 Å². The Balaban J connectivity index is 2.98. The van der Waals surface area contributed by atoms with Crippen molar-refractivity contribution in [2.24, 2.45) is 0 Å². The van der Waals surface area contributed by atoms with Gasteiger partial charge in [-0.15, -0.1) is 0 Å². The summed E-state index contributed by atoms with van der Waals surface area (Å²) in [5, 5.41) is 11.6. The maximum absolute atomic E-state index is 12.0. The lowest BCUT2D eigenvalue weighted by atomic mass is 9.98. The summed E-state index contributed by atoms with van der Waals surface area (Å²) in [6, 6.07) is 3.11. The predicted molar refractivity (Wildman–Crippen MR) is 64.6 cm³/mol. The van der Waals surface area contributed by atoms with Gasteiger partial charge in [-0.1, -0.05) is 6.92 Å². The predicted octanol–water partition coefficient (Wildman–Crippen LogP) is 1.07. The first-order valence-electron chi connectivity index (χ1n) is 5.49. The Morgan fingerprint density at radius 2 is 2.22 bits per heavy atom. The Bertz CT molecular complexity index is 461. The molecule has 98 valence electrons. The zero-order valence-electron chi connectivity index (χ0n) is 10.6. The van der Waals surface area contributed by atoms with Gasteiger partial charge in [0.1, 0.15) is 11.1 Å². The van der Waals surface area contributed by atoms with E-state index < -0.39 is 17.4 Å². The molecule has 18 heavy (non-hydrogen) atoms. The first-order valence-corrected chi connectivity index (χ1v) is 5.49. The van der Waals surface area contributed by atoms with Crippen LogP contribution in [0.4, 0.5) is 0 Å². The average molecular weight is 252 g/mol. The lowest BCUT2D eigenvalue weighted by molar-refractivity contribution is -0.143. The van der Waals surface area contributed by atoms with Crippen molar-refractivity contribution in [3.63, 3.8) is 0 Å². The molecule has 1 unspecified atom stereocenters. The first-order chi connectivity index (χ1) is 8.44. The number of carboxylic acids is 1. The number of ether oxygens (including phenoxy) is 1. The third-order valence-corrected chi connectivity index (χ3v) is 2.78. The summed E-state index contributed by atoms with van der Waals surface area (Å²) in [5.41, 5.74) is -1.10. The van der Waals surface area contributed by atoms with Gasteiger partial charge >= 0.3 is 5.97 Å². The minimum Gasteiger partial charge on any atom is -0.480 e. The van der Waals surface area contributed by atoms with E-state index in [0.29, 0.717) is 0 Å². The molecule has 1 amide bonds. The van der Waals surface area contributed by atoms with E-state index in [1.807, 2.05) is 0 Å². The lowest BCUT2D eigenvalue weighted by Gasteiger charge is -2.24. The van der Waals surface area contributed by atoms with E-state index >= 15 is 0 Å². The average Bonchev–Trinajstić information content (AvgIpc) is 2.38. The molecule has 0 aliphatic rings. The molecule has 0 bridgehead atoms. The van der Waals surface area contributed by atoms with Crippen LogP contribution in [-0.4, -0.2) is 34.6 Å². The van der Waals surface area contributed by atoms with E-state index in [1.165, 1.54) is 26.3 Å². The van der Waals surface area contributed by atoms with E-state index in [-0.39, 0.29) is 17.9 Å². The number of aliphatic carboxylic acids is 1. The summed E-state index contributed by atoms with van der Waals surface area (Å²) in [4.78, 5) is 27.0. The number of carbonyl (C=O) groups is 2. The molecular weight excluding hydrogens is 236 g/mol. The van der Waals surface area contributed by atoms with E-state index in [2.05, 4.69) is 10.3 Å². The van der Waals surface area contributed by atoms with E-state index in [0.717, 1.165) is 0 Å². The minimum absolute atomic E-state index is 0.166. The first kappa shape index (κ1) is 14.0. The van der Waals surface area contributed by atoms with Crippen molar-refractivity contribution in [3.8, 4) is 5.88 Å². The van der Waals surface area contributed by atoms with Crippen LogP contribution in [0.2, 0.25) is 0 Å². The molecule has 0 aromatic carbocycles. The second-order valence-electron chi connectivity index (χ2n) is 4.01. The Morgan fingerprint density at radius 3 is 2.72 bits per heavy atom. The van der Waals surface area contributed by atoms with Crippen molar-refractivity contribution in [2.75, 3.05) is 7.11 Å². The highest BCUT2D eigenvalue weighted by molar-refractivity contribution is 5.99. The highest BCUT2D eigenvalue weighted by atomic mass is 16.5. The number of carboxylic acid groups (broad SMARTS) is 1. The van der Waals surface area contributed by atoms with Crippen molar-refractivity contribution < 1.29 is 19.4 Å². The van der Waals surface area contributed by atoms with Crippen molar-refractivity contribution in [1.29, 1.82) is 0 Å². The SMILES string of the molecule is CCC(C)(NC(=O)c1cccnc1OC)C(=O)O. The van der Waals surface area contributed by atoms with Gasteiger partial charge in [0.05, 0.1) is 7.11 Å². The summed E-state index contributed by atoms with van der Waals surface area (Å²) in [6.07, 6.45) is 1.77.